The number of nitrogens with zero attached hydrogens (tertiary/aromatic N) is 1. The highest BCUT2D eigenvalue weighted by molar-refractivity contribution is 7.93. The number of amides is 1. The Labute approximate surface area is 142 Å². The zero-order valence-corrected chi connectivity index (χ0v) is 13.9. The number of hydrogen-bond donors (Lipinski definition) is 0. The van der Waals surface area contributed by atoms with E-state index in [4.69, 9.17) is 0 Å². The van der Waals surface area contributed by atoms with Crippen molar-refractivity contribution in [2.24, 2.45) is 4.36 Å². The van der Waals surface area contributed by atoms with E-state index in [1.165, 1.54) is 0 Å². The maximum atomic E-state index is 13.6. The summed E-state index contributed by atoms with van der Waals surface area (Å²) in [5, 5.41) is 0. The average molecular weight is 335 g/mol. The second-order valence-electron chi connectivity index (χ2n) is 5.35. The van der Waals surface area contributed by atoms with Gasteiger partial charge in [-0.15, -0.1) is 0 Å². The highest BCUT2D eigenvalue weighted by Gasteiger charge is 2.17. The first kappa shape index (κ1) is 16.1. The van der Waals surface area contributed by atoms with E-state index in [0.29, 0.717) is 10.5 Å². The van der Waals surface area contributed by atoms with Crippen LogP contribution in [0.4, 0.5) is 0 Å². The summed E-state index contributed by atoms with van der Waals surface area (Å²) in [6.07, 6.45) is 0. The van der Waals surface area contributed by atoms with Gasteiger partial charge in [-0.1, -0.05) is 66.7 Å². The molecular weight excluding hydrogens is 318 g/mol. The molecule has 0 aliphatic rings. The average Bonchev–Trinajstić information content (AvgIpc) is 2.64. The van der Waals surface area contributed by atoms with Gasteiger partial charge in [-0.25, -0.2) is 4.21 Å². The van der Waals surface area contributed by atoms with Crippen molar-refractivity contribution in [3.8, 4) is 0 Å². The topological polar surface area (TPSA) is 46.5 Å². The van der Waals surface area contributed by atoms with Crippen LogP contribution in [0.1, 0.15) is 15.9 Å². The molecule has 0 aliphatic carbocycles. The number of carbonyl (C=O) groups is 1. The lowest BCUT2D eigenvalue weighted by Gasteiger charge is -2.10. The quantitative estimate of drug-likeness (QED) is 0.702. The van der Waals surface area contributed by atoms with E-state index < -0.39 is 15.6 Å². The normalized spacial score (nSPS) is 13.0. The number of carbonyl (C=O) groups excluding carboxylic acids is 1. The van der Waals surface area contributed by atoms with Crippen molar-refractivity contribution < 1.29 is 9.00 Å². The largest absolute Gasteiger partial charge is 0.285 e. The van der Waals surface area contributed by atoms with Gasteiger partial charge in [0.05, 0.1) is 15.5 Å². The molecule has 0 saturated carbocycles. The fourth-order valence-electron chi connectivity index (χ4n) is 2.37. The zero-order chi connectivity index (χ0) is 16.8. The van der Waals surface area contributed by atoms with Crippen LogP contribution >= 0.6 is 0 Å². The van der Waals surface area contributed by atoms with Gasteiger partial charge in [0.15, 0.2) is 0 Å². The van der Waals surface area contributed by atoms with Crippen LogP contribution in [0.15, 0.2) is 100 Å². The highest BCUT2D eigenvalue weighted by Crippen LogP contribution is 2.20. The molecule has 0 radical (unpaired) electrons. The summed E-state index contributed by atoms with van der Waals surface area (Å²) in [6, 6.07) is 27.2. The van der Waals surface area contributed by atoms with Crippen molar-refractivity contribution in [2.45, 2.75) is 10.6 Å². The molecule has 3 nitrogen and oxygen atoms in total. The van der Waals surface area contributed by atoms with Crippen molar-refractivity contribution in [3.05, 3.63) is 102 Å². The molecule has 1 atom stereocenters. The van der Waals surface area contributed by atoms with Crippen LogP contribution in [0.25, 0.3) is 0 Å². The monoisotopic (exact) mass is 335 g/mol. The molecule has 0 aromatic heterocycles. The van der Waals surface area contributed by atoms with Crippen molar-refractivity contribution in [1.29, 1.82) is 0 Å². The van der Waals surface area contributed by atoms with Gasteiger partial charge in [-0.3, -0.25) is 4.79 Å². The molecule has 0 bridgehead atoms. The third kappa shape index (κ3) is 3.78. The third-order valence-electron chi connectivity index (χ3n) is 3.57. The summed E-state index contributed by atoms with van der Waals surface area (Å²) >= 11 is 0. The molecule has 1 unspecified atom stereocenters. The van der Waals surface area contributed by atoms with Gasteiger partial charge >= 0.3 is 0 Å². The fraction of sp³-hybridized carbons (Fsp3) is 0.0500. The lowest BCUT2D eigenvalue weighted by atomic mass is 10.2. The van der Waals surface area contributed by atoms with E-state index in [9.17, 15) is 9.00 Å². The summed E-state index contributed by atoms with van der Waals surface area (Å²) in [7, 11) is -2.89. The van der Waals surface area contributed by atoms with Crippen LogP contribution in [-0.4, -0.2) is 10.1 Å². The van der Waals surface area contributed by atoms with E-state index in [2.05, 4.69) is 4.36 Å². The number of benzene rings is 3. The molecule has 0 N–H and O–H groups in total. The van der Waals surface area contributed by atoms with Gasteiger partial charge in [0, 0.05) is 10.5 Å². The summed E-state index contributed by atoms with van der Waals surface area (Å²) in [5.41, 5.74) is 1.32. The summed E-state index contributed by atoms with van der Waals surface area (Å²) in [4.78, 5) is 13.0. The molecule has 1 amide bonds. The van der Waals surface area contributed by atoms with Gasteiger partial charge < -0.3 is 0 Å². The Bertz CT molecular complexity index is 929. The van der Waals surface area contributed by atoms with E-state index in [1.54, 1.807) is 36.4 Å². The molecule has 3 rings (SSSR count). The van der Waals surface area contributed by atoms with Crippen molar-refractivity contribution >= 4 is 15.6 Å². The predicted octanol–water partition coefficient (Wildman–Crippen LogP) is 4.55. The Morgan fingerprint density at radius 2 is 1.25 bits per heavy atom. The maximum absolute atomic E-state index is 13.6. The minimum absolute atomic E-state index is 0.205. The van der Waals surface area contributed by atoms with E-state index in [1.807, 2.05) is 54.6 Å². The molecule has 0 aliphatic heterocycles. The number of hydrogen-bond acceptors (Lipinski definition) is 2. The van der Waals surface area contributed by atoms with Gasteiger partial charge in [-0.2, -0.15) is 4.36 Å². The van der Waals surface area contributed by atoms with Gasteiger partial charge in [0.25, 0.3) is 5.91 Å². The Balaban J connectivity index is 2.07. The molecule has 0 saturated heterocycles. The van der Waals surface area contributed by atoms with Gasteiger partial charge in [0.1, 0.15) is 0 Å². The Kier molecular flexibility index (Phi) is 4.87. The van der Waals surface area contributed by atoms with E-state index in [-0.39, 0.29) is 5.75 Å². The molecule has 120 valence electrons. The molecule has 4 heteroatoms. The third-order valence-corrected chi connectivity index (χ3v) is 5.76. The first-order chi connectivity index (χ1) is 11.7. The Hall–Kier alpha value is -2.72. The first-order valence-corrected chi connectivity index (χ1v) is 9.29. The molecule has 3 aromatic rings. The summed E-state index contributed by atoms with van der Waals surface area (Å²) < 4.78 is 17.7. The predicted molar refractivity (Wildman–Crippen MR) is 96.2 cm³/mol. The molecule has 0 heterocycles. The fourth-order valence-corrected chi connectivity index (χ4v) is 4.31. The van der Waals surface area contributed by atoms with Gasteiger partial charge in [-0.05, 0) is 29.8 Å². The zero-order valence-electron chi connectivity index (χ0n) is 13.0. The van der Waals surface area contributed by atoms with Crippen LogP contribution in [0.5, 0.6) is 0 Å². The maximum Gasteiger partial charge on any atom is 0.285 e. The minimum atomic E-state index is -2.89. The lowest BCUT2D eigenvalue weighted by Crippen LogP contribution is -2.09. The van der Waals surface area contributed by atoms with Crippen LogP contribution in [0, 0.1) is 0 Å². The lowest BCUT2D eigenvalue weighted by molar-refractivity contribution is 0.100. The van der Waals surface area contributed by atoms with E-state index in [0.717, 1.165) is 5.56 Å². The molecule has 24 heavy (non-hydrogen) atoms. The second kappa shape index (κ2) is 7.23. The summed E-state index contributed by atoms with van der Waals surface area (Å²) in [5.74, 6) is -0.253. The molecule has 0 spiro atoms. The standard InChI is InChI=1S/C20H17NO2S/c22-20(18-12-6-2-7-13-18)21-24(23,19-14-8-3-9-15-19)16-17-10-4-1-5-11-17/h1-15H,16H2. The second-order valence-corrected chi connectivity index (χ2v) is 7.57. The number of rotatable bonds is 4. The first-order valence-electron chi connectivity index (χ1n) is 7.61. The van der Waals surface area contributed by atoms with Crippen molar-refractivity contribution in [3.63, 3.8) is 0 Å². The van der Waals surface area contributed by atoms with Crippen LogP contribution < -0.4 is 0 Å². The molecule has 3 aromatic carbocycles. The summed E-state index contributed by atoms with van der Waals surface area (Å²) in [6.45, 7) is 0. The van der Waals surface area contributed by atoms with Crippen LogP contribution in [0.3, 0.4) is 0 Å². The van der Waals surface area contributed by atoms with E-state index >= 15 is 0 Å². The van der Waals surface area contributed by atoms with Crippen molar-refractivity contribution in [2.75, 3.05) is 0 Å². The Morgan fingerprint density at radius 1 is 0.750 bits per heavy atom. The molecular formula is C20H17NO2S. The van der Waals surface area contributed by atoms with Crippen LogP contribution in [0.2, 0.25) is 0 Å². The van der Waals surface area contributed by atoms with Crippen LogP contribution in [-0.2, 0) is 15.5 Å². The smallest absolute Gasteiger partial charge is 0.266 e. The molecule has 0 fully saturated rings. The Morgan fingerprint density at radius 3 is 1.83 bits per heavy atom. The van der Waals surface area contributed by atoms with Crippen molar-refractivity contribution in [1.82, 2.24) is 0 Å². The highest BCUT2D eigenvalue weighted by atomic mass is 32.2. The van der Waals surface area contributed by atoms with Gasteiger partial charge in [0.2, 0.25) is 0 Å². The SMILES string of the molecule is O=C(N=S(=O)(Cc1ccccc1)c1ccccc1)c1ccccc1. The minimum Gasteiger partial charge on any atom is -0.266 e.